The molecule has 0 atom stereocenters. The van der Waals surface area contributed by atoms with Gasteiger partial charge in [0.2, 0.25) is 0 Å². The molecule has 0 amide bonds. The summed E-state index contributed by atoms with van der Waals surface area (Å²) in [6.07, 6.45) is 0. The zero-order chi connectivity index (χ0) is 22.6. The Morgan fingerprint density at radius 2 is 1.09 bits per heavy atom. The largest absolute Gasteiger partial charge is 0.456 e. The van der Waals surface area contributed by atoms with E-state index in [0.717, 1.165) is 16.6 Å². The zero-order valence-corrected chi connectivity index (χ0v) is 18.9. The summed E-state index contributed by atoms with van der Waals surface area (Å²) in [6.45, 7) is 2.11. The lowest BCUT2D eigenvalue weighted by atomic mass is 9.85. The Balaban J connectivity index is 1.70. The van der Waals surface area contributed by atoms with Gasteiger partial charge in [0.25, 0.3) is 0 Å². The van der Waals surface area contributed by atoms with Crippen molar-refractivity contribution in [2.24, 2.45) is 0 Å². The average molecular weight is 435 g/mol. The van der Waals surface area contributed by atoms with Crippen LogP contribution in [0.3, 0.4) is 0 Å². The molecule has 0 radical (unpaired) electrons. The molecule has 160 valence electrons. The van der Waals surface area contributed by atoms with Crippen molar-refractivity contribution in [2.75, 3.05) is 0 Å². The first-order valence-corrected chi connectivity index (χ1v) is 11.7. The van der Waals surface area contributed by atoms with Crippen molar-refractivity contribution in [3.8, 4) is 22.3 Å². The van der Waals surface area contributed by atoms with Crippen LogP contribution in [0.4, 0.5) is 0 Å². The molecule has 1 heterocycles. The van der Waals surface area contributed by atoms with Gasteiger partial charge in [-0.3, -0.25) is 0 Å². The normalized spacial score (nSPS) is 11.7. The molecule has 34 heavy (non-hydrogen) atoms. The lowest BCUT2D eigenvalue weighted by Gasteiger charge is -2.18. The van der Waals surface area contributed by atoms with Gasteiger partial charge in [-0.2, -0.15) is 0 Å². The fraction of sp³-hybridized carbons (Fsp3) is 0.0303. The molecule has 0 saturated heterocycles. The zero-order valence-electron chi connectivity index (χ0n) is 18.9. The number of hydrogen-bond acceptors (Lipinski definition) is 1. The maximum absolute atomic E-state index is 6.31. The molecule has 0 aliphatic rings. The minimum Gasteiger partial charge on any atom is -0.456 e. The van der Waals surface area contributed by atoms with Crippen LogP contribution >= 0.6 is 0 Å². The van der Waals surface area contributed by atoms with Crippen LogP contribution in [0.1, 0.15) is 5.56 Å². The van der Waals surface area contributed by atoms with E-state index in [2.05, 4.69) is 122 Å². The van der Waals surface area contributed by atoms with Gasteiger partial charge < -0.3 is 4.42 Å². The predicted molar refractivity (Wildman–Crippen MR) is 144 cm³/mol. The van der Waals surface area contributed by atoms with Crippen molar-refractivity contribution in [3.63, 3.8) is 0 Å². The number of aryl methyl sites for hydroxylation is 1. The van der Waals surface area contributed by atoms with Crippen LogP contribution in [0.5, 0.6) is 0 Å². The molecule has 6 aromatic carbocycles. The van der Waals surface area contributed by atoms with E-state index in [0.29, 0.717) is 0 Å². The molecule has 1 nitrogen and oxygen atoms in total. The van der Waals surface area contributed by atoms with Crippen LogP contribution in [0.25, 0.3) is 65.7 Å². The Labute approximate surface area is 197 Å². The minimum atomic E-state index is 0.929. The molecule has 0 aliphatic heterocycles. The van der Waals surface area contributed by atoms with Crippen LogP contribution < -0.4 is 0 Å². The van der Waals surface area contributed by atoms with E-state index in [1.165, 1.54) is 54.7 Å². The molecule has 0 bridgehead atoms. The van der Waals surface area contributed by atoms with Gasteiger partial charge in [0.15, 0.2) is 0 Å². The third-order valence-electron chi connectivity index (χ3n) is 6.92. The highest BCUT2D eigenvalue weighted by atomic mass is 16.3. The van der Waals surface area contributed by atoms with E-state index >= 15 is 0 Å². The van der Waals surface area contributed by atoms with Crippen LogP contribution in [0, 0.1) is 6.92 Å². The molecule has 0 N–H and O–H groups in total. The van der Waals surface area contributed by atoms with Gasteiger partial charge in [-0.25, -0.2) is 0 Å². The SMILES string of the molecule is Cc1ccc2c(c1)oc1cccc(-c3c4ccccc4c(-c4ccccc4)c4ccccc34)c12. The maximum atomic E-state index is 6.31. The fourth-order valence-electron chi connectivity index (χ4n) is 5.48. The smallest absolute Gasteiger partial charge is 0.136 e. The highest BCUT2D eigenvalue weighted by molar-refractivity contribution is 6.25. The van der Waals surface area contributed by atoms with Crippen LogP contribution in [0.15, 0.2) is 120 Å². The minimum absolute atomic E-state index is 0.929. The summed E-state index contributed by atoms with van der Waals surface area (Å²) in [5.41, 5.74) is 8.08. The molecule has 0 aliphatic carbocycles. The fourth-order valence-corrected chi connectivity index (χ4v) is 5.48. The van der Waals surface area contributed by atoms with E-state index < -0.39 is 0 Å². The summed E-state index contributed by atoms with van der Waals surface area (Å²) in [5, 5.41) is 7.39. The quantitative estimate of drug-likeness (QED) is 0.247. The van der Waals surface area contributed by atoms with E-state index in [4.69, 9.17) is 4.42 Å². The molecule has 7 aromatic rings. The van der Waals surface area contributed by atoms with Crippen molar-refractivity contribution in [1.29, 1.82) is 0 Å². The topological polar surface area (TPSA) is 13.1 Å². The van der Waals surface area contributed by atoms with Gasteiger partial charge >= 0.3 is 0 Å². The summed E-state index contributed by atoms with van der Waals surface area (Å²) >= 11 is 0. The van der Waals surface area contributed by atoms with Crippen molar-refractivity contribution >= 4 is 43.5 Å². The Bertz CT molecular complexity index is 1800. The molecule has 0 unspecified atom stereocenters. The third kappa shape index (κ3) is 2.74. The second kappa shape index (κ2) is 7.33. The van der Waals surface area contributed by atoms with Crippen molar-refractivity contribution in [2.45, 2.75) is 6.92 Å². The number of rotatable bonds is 2. The Morgan fingerprint density at radius 1 is 0.471 bits per heavy atom. The van der Waals surface area contributed by atoms with Crippen molar-refractivity contribution < 1.29 is 4.42 Å². The second-order valence-corrected chi connectivity index (χ2v) is 8.99. The lowest BCUT2D eigenvalue weighted by Crippen LogP contribution is -1.91. The van der Waals surface area contributed by atoms with Gasteiger partial charge in [0.1, 0.15) is 11.2 Å². The molecule has 1 aromatic heterocycles. The van der Waals surface area contributed by atoms with Crippen molar-refractivity contribution in [1.82, 2.24) is 0 Å². The molecular weight excluding hydrogens is 412 g/mol. The molecular formula is C33H22O. The second-order valence-electron chi connectivity index (χ2n) is 8.99. The van der Waals surface area contributed by atoms with Crippen LogP contribution in [-0.4, -0.2) is 0 Å². The summed E-state index contributed by atoms with van der Waals surface area (Å²) in [7, 11) is 0. The van der Waals surface area contributed by atoms with E-state index in [1.54, 1.807) is 0 Å². The predicted octanol–water partition coefficient (Wildman–Crippen LogP) is 9.53. The number of furan rings is 1. The van der Waals surface area contributed by atoms with Gasteiger partial charge in [0.05, 0.1) is 0 Å². The van der Waals surface area contributed by atoms with E-state index in [-0.39, 0.29) is 0 Å². The molecule has 0 saturated carbocycles. The van der Waals surface area contributed by atoms with Gasteiger partial charge in [-0.05, 0) is 68.4 Å². The van der Waals surface area contributed by atoms with Crippen LogP contribution in [0.2, 0.25) is 0 Å². The Kier molecular flexibility index (Phi) is 4.13. The standard InChI is InChI=1S/C33H22O/c1-21-18-19-27-30(20-21)34-29-17-9-16-28(33(27)29)32-25-14-7-5-12-23(25)31(22-10-3-2-4-11-22)24-13-6-8-15-26(24)32/h2-20H,1H3. The first-order valence-electron chi connectivity index (χ1n) is 11.7. The van der Waals surface area contributed by atoms with Gasteiger partial charge in [-0.15, -0.1) is 0 Å². The van der Waals surface area contributed by atoms with E-state index in [9.17, 15) is 0 Å². The third-order valence-corrected chi connectivity index (χ3v) is 6.92. The molecule has 7 rings (SSSR count). The first kappa shape index (κ1) is 19.1. The van der Waals surface area contributed by atoms with Crippen molar-refractivity contribution in [3.05, 3.63) is 121 Å². The average Bonchev–Trinajstić information content (AvgIpc) is 3.25. The number of hydrogen-bond donors (Lipinski definition) is 0. The Hall–Kier alpha value is -4.36. The first-order chi connectivity index (χ1) is 16.8. The monoisotopic (exact) mass is 434 g/mol. The maximum Gasteiger partial charge on any atom is 0.136 e. The summed E-state index contributed by atoms with van der Waals surface area (Å²) in [5.74, 6) is 0. The van der Waals surface area contributed by atoms with Crippen LogP contribution in [-0.2, 0) is 0 Å². The molecule has 0 fully saturated rings. The highest BCUT2D eigenvalue weighted by Gasteiger charge is 2.19. The lowest BCUT2D eigenvalue weighted by molar-refractivity contribution is 0.668. The number of benzene rings is 6. The summed E-state index contributed by atoms with van der Waals surface area (Å²) in [4.78, 5) is 0. The molecule has 0 spiro atoms. The van der Waals surface area contributed by atoms with Gasteiger partial charge in [0, 0.05) is 10.8 Å². The summed E-state index contributed by atoms with van der Waals surface area (Å²) < 4.78 is 6.31. The Morgan fingerprint density at radius 3 is 1.76 bits per heavy atom. The summed E-state index contributed by atoms with van der Waals surface area (Å²) in [6, 6.07) is 41.3. The highest BCUT2D eigenvalue weighted by Crippen LogP contribution is 2.46. The van der Waals surface area contributed by atoms with E-state index in [1.807, 2.05) is 0 Å². The molecule has 1 heteroatoms. The van der Waals surface area contributed by atoms with Gasteiger partial charge in [-0.1, -0.05) is 103 Å². The number of fused-ring (bicyclic) bond motifs is 5.